The third-order valence-electron chi connectivity index (χ3n) is 2.44. The first kappa shape index (κ1) is 12.3. The summed E-state index contributed by atoms with van der Waals surface area (Å²) in [5.41, 5.74) is 1.95. The number of nitrogens with one attached hydrogen (secondary N) is 1. The van der Waals surface area contributed by atoms with Crippen LogP contribution in [-0.2, 0) is 4.79 Å². The number of amides is 1. The largest absolute Gasteiger partial charge is 0.403 e. The highest BCUT2D eigenvalue weighted by Crippen LogP contribution is 2.20. The molecule has 5 nitrogen and oxygen atoms in total. The van der Waals surface area contributed by atoms with Crippen LogP contribution >= 0.6 is 0 Å². The molecule has 0 spiro atoms. The number of carbonyl (C=O) groups excluding carboxylic acids is 1. The van der Waals surface area contributed by atoms with Crippen molar-refractivity contribution < 1.29 is 9.21 Å². The van der Waals surface area contributed by atoms with Gasteiger partial charge in [-0.25, -0.2) is 0 Å². The Hall–Kier alpha value is -2.17. The predicted octanol–water partition coefficient (Wildman–Crippen LogP) is 2.64. The van der Waals surface area contributed by atoms with Gasteiger partial charge in [-0.1, -0.05) is 36.6 Å². The van der Waals surface area contributed by atoms with Crippen LogP contribution in [-0.4, -0.2) is 16.1 Å². The first-order valence-corrected chi connectivity index (χ1v) is 5.77. The molecule has 0 unspecified atom stereocenters. The number of hydrogen-bond donors (Lipinski definition) is 1. The van der Waals surface area contributed by atoms with Crippen LogP contribution in [0.4, 0.5) is 6.01 Å². The lowest BCUT2D eigenvalue weighted by Crippen LogP contribution is -2.17. The second-order valence-corrected chi connectivity index (χ2v) is 4.43. The molecule has 0 fully saturated rings. The minimum Gasteiger partial charge on any atom is -0.403 e. The molecule has 0 radical (unpaired) electrons. The minimum absolute atomic E-state index is 0.126. The van der Waals surface area contributed by atoms with Crippen LogP contribution in [0.3, 0.4) is 0 Å². The van der Waals surface area contributed by atoms with Crippen LogP contribution in [0.2, 0.25) is 0 Å². The van der Waals surface area contributed by atoms with Gasteiger partial charge >= 0.3 is 6.01 Å². The molecule has 1 N–H and O–H groups in total. The first-order chi connectivity index (χ1) is 8.56. The molecular weight excluding hydrogens is 230 g/mol. The van der Waals surface area contributed by atoms with Crippen LogP contribution in [0.25, 0.3) is 11.5 Å². The van der Waals surface area contributed by atoms with Crippen molar-refractivity contribution >= 4 is 11.9 Å². The van der Waals surface area contributed by atoms with Crippen LogP contribution in [0.5, 0.6) is 0 Å². The number of benzene rings is 1. The van der Waals surface area contributed by atoms with Gasteiger partial charge in [-0.15, -0.1) is 5.10 Å². The standard InChI is InChI=1S/C13H15N3O2/c1-8(2)11(17)14-13-16-15-12(18-13)10-6-4-5-9(3)7-10/h4-8H,1-3H3,(H,14,16,17). The van der Waals surface area contributed by atoms with Gasteiger partial charge in [0.2, 0.25) is 11.8 Å². The predicted molar refractivity (Wildman–Crippen MR) is 67.9 cm³/mol. The van der Waals surface area contributed by atoms with Crippen molar-refractivity contribution in [1.82, 2.24) is 10.2 Å². The fourth-order valence-corrected chi connectivity index (χ4v) is 1.42. The molecule has 0 aliphatic rings. The molecule has 94 valence electrons. The highest BCUT2D eigenvalue weighted by molar-refractivity contribution is 5.90. The third-order valence-corrected chi connectivity index (χ3v) is 2.44. The molecule has 0 aliphatic heterocycles. The molecule has 2 aromatic rings. The molecule has 2 rings (SSSR count). The Bertz CT molecular complexity index is 561. The number of aryl methyl sites for hydroxylation is 1. The van der Waals surface area contributed by atoms with Gasteiger partial charge in [0.05, 0.1) is 0 Å². The van der Waals surface area contributed by atoms with Gasteiger partial charge in [0.15, 0.2) is 0 Å². The van der Waals surface area contributed by atoms with Crippen molar-refractivity contribution in [2.45, 2.75) is 20.8 Å². The SMILES string of the molecule is Cc1cccc(-c2nnc(NC(=O)C(C)C)o2)c1. The summed E-state index contributed by atoms with van der Waals surface area (Å²) in [6, 6.07) is 7.86. The summed E-state index contributed by atoms with van der Waals surface area (Å²) < 4.78 is 5.39. The second-order valence-electron chi connectivity index (χ2n) is 4.43. The third kappa shape index (κ3) is 2.74. The lowest BCUT2D eigenvalue weighted by Gasteiger charge is -2.01. The molecule has 0 aliphatic carbocycles. The molecule has 1 amide bonds. The maximum Gasteiger partial charge on any atom is 0.322 e. The Labute approximate surface area is 105 Å². The topological polar surface area (TPSA) is 68.0 Å². The average molecular weight is 245 g/mol. The van der Waals surface area contributed by atoms with Gasteiger partial charge in [-0.3, -0.25) is 10.1 Å². The Kier molecular flexibility index (Phi) is 3.41. The van der Waals surface area contributed by atoms with E-state index in [1.165, 1.54) is 0 Å². The number of aromatic nitrogens is 2. The molecule has 0 bridgehead atoms. The molecule has 1 heterocycles. The van der Waals surface area contributed by atoms with Crippen LogP contribution in [0, 0.1) is 12.8 Å². The van der Waals surface area contributed by atoms with Crippen molar-refractivity contribution in [3.05, 3.63) is 29.8 Å². The fraction of sp³-hybridized carbons (Fsp3) is 0.308. The van der Waals surface area contributed by atoms with Gasteiger partial charge in [0, 0.05) is 11.5 Å². The highest BCUT2D eigenvalue weighted by Gasteiger charge is 2.13. The molecule has 1 aromatic heterocycles. The van der Waals surface area contributed by atoms with E-state index in [9.17, 15) is 4.79 Å². The van der Waals surface area contributed by atoms with Crippen molar-refractivity contribution in [3.8, 4) is 11.5 Å². The maximum atomic E-state index is 11.5. The second kappa shape index (κ2) is 5.00. The normalized spacial score (nSPS) is 10.7. The van der Waals surface area contributed by atoms with Gasteiger partial charge in [-0.2, -0.15) is 0 Å². The molecule has 0 atom stereocenters. The van der Waals surface area contributed by atoms with E-state index in [2.05, 4.69) is 15.5 Å². The van der Waals surface area contributed by atoms with E-state index in [0.29, 0.717) is 5.89 Å². The lowest BCUT2D eigenvalue weighted by atomic mass is 10.1. The number of rotatable bonds is 3. The van der Waals surface area contributed by atoms with Crippen LogP contribution < -0.4 is 5.32 Å². The smallest absolute Gasteiger partial charge is 0.322 e. The molecule has 0 saturated heterocycles. The number of hydrogen-bond acceptors (Lipinski definition) is 4. The van der Waals surface area contributed by atoms with Gasteiger partial charge in [0.25, 0.3) is 0 Å². The lowest BCUT2D eigenvalue weighted by molar-refractivity contribution is -0.119. The molecule has 5 heteroatoms. The Morgan fingerprint density at radius 2 is 2.11 bits per heavy atom. The van der Waals surface area contributed by atoms with Crippen molar-refractivity contribution in [2.75, 3.05) is 5.32 Å². The Balaban J connectivity index is 2.18. The molecular formula is C13H15N3O2. The quantitative estimate of drug-likeness (QED) is 0.902. The maximum absolute atomic E-state index is 11.5. The zero-order chi connectivity index (χ0) is 13.1. The van der Waals surface area contributed by atoms with Crippen molar-refractivity contribution in [1.29, 1.82) is 0 Å². The van der Waals surface area contributed by atoms with Gasteiger partial charge in [0.1, 0.15) is 0 Å². The number of anilines is 1. The number of nitrogens with zero attached hydrogens (tertiary/aromatic N) is 2. The van der Waals surface area contributed by atoms with E-state index < -0.39 is 0 Å². The average Bonchev–Trinajstić information content (AvgIpc) is 2.77. The van der Waals surface area contributed by atoms with Gasteiger partial charge in [-0.05, 0) is 19.1 Å². The van der Waals surface area contributed by atoms with Crippen molar-refractivity contribution in [2.24, 2.45) is 5.92 Å². The number of carbonyl (C=O) groups is 1. The van der Waals surface area contributed by atoms with Crippen molar-refractivity contribution in [3.63, 3.8) is 0 Å². The summed E-state index contributed by atoms with van der Waals surface area (Å²) in [7, 11) is 0. The van der Waals surface area contributed by atoms with Gasteiger partial charge < -0.3 is 4.42 Å². The fourth-order valence-electron chi connectivity index (χ4n) is 1.42. The summed E-state index contributed by atoms with van der Waals surface area (Å²) in [5, 5.41) is 10.3. The summed E-state index contributed by atoms with van der Waals surface area (Å²) in [4.78, 5) is 11.5. The molecule has 18 heavy (non-hydrogen) atoms. The van der Waals surface area contributed by atoms with E-state index >= 15 is 0 Å². The van der Waals surface area contributed by atoms with E-state index in [1.54, 1.807) is 13.8 Å². The highest BCUT2D eigenvalue weighted by atomic mass is 16.4. The zero-order valence-corrected chi connectivity index (χ0v) is 10.6. The van der Waals surface area contributed by atoms with E-state index in [0.717, 1.165) is 11.1 Å². The zero-order valence-electron chi connectivity index (χ0n) is 10.6. The summed E-state index contributed by atoms with van der Waals surface area (Å²) in [6.07, 6.45) is 0. The van der Waals surface area contributed by atoms with E-state index in [1.807, 2.05) is 31.2 Å². The Morgan fingerprint density at radius 3 is 2.78 bits per heavy atom. The van der Waals surface area contributed by atoms with Crippen LogP contribution in [0.1, 0.15) is 19.4 Å². The monoisotopic (exact) mass is 245 g/mol. The first-order valence-electron chi connectivity index (χ1n) is 5.77. The van der Waals surface area contributed by atoms with E-state index in [-0.39, 0.29) is 17.8 Å². The summed E-state index contributed by atoms with van der Waals surface area (Å²) in [5.74, 6) is 0.131. The van der Waals surface area contributed by atoms with Crippen LogP contribution in [0.15, 0.2) is 28.7 Å². The van der Waals surface area contributed by atoms with E-state index in [4.69, 9.17) is 4.42 Å². The summed E-state index contributed by atoms with van der Waals surface area (Å²) >= 11 is 0. The molecule has 0 saturated carbocycles. The molecule has 1 aromatic carbocycles. The Morgan fingerprint density at radius 1 is 1.33 bits per heavy atom. The minimum atomic E-state index is -0.144. The summed E-state index contributed by atoms with van der Waals surface area (Å²) in [6.45, 7) is 5.58.